The number of amides is 1. The van der Waals surface area contributed by atoms with E-state index in [1.54, 1.807) is 13.2 Å². The molecule has 0 bridgehead atoms. The van der Waals surface area contributed by atoms with Crippen LogP contribution >= 0.6 is 0 Å². The van der Waals surface area contributed by atoms with Gasteiger partial charge in [-0.25, -0.2) is 0 Å². The molecule has 0 radical (unpaired) electrons. The van der Waals surface area contributed by atoms with Crippen LogP contribution in [0.5, 0.6) is 17.2 Å². The van der Waals surface area contributed by atoms with Crippen molar-refractivity contribution < 1.29 is 23.7 Å². The van der Waals surface area contributed by atoms with E-state index in [2.05, 4.69) is 10.6 Å². The third-order valence-electron chi connectivity index (χ3n) is 4.38. The second-order valence-electron chi connectivity index (χ2n) is 6.77. The van der Waals surface area contributed by atoms with Gasteiger partial charge in [-0.2, -0.15) is 0 Å². The molecule has 0 atom stereocenters. The summed E-state index contributed by atoms with van der Waals surface area (Å²) in [6.07, 6.45) is 0. The molecule has 0 saturated carbocycles. The summed E-state index contributed by atoms with van der Waals surface area (Å²) < 4.78 is 21.9. The van der Waals surface area contributed by atoms with Crippen molar-refractivity contribution in [1.82, 2.24) is 0 Å². The smallest absolute Gasteiger partial charge is 0.243 e. The highest BCUT2D eigenvalue weighted by Crippen LogP contribution is 2.24. The molecule has 0 spiro atoms. The Labute approximate surface area is 188 Å². The van der Waals surface area contributed by atoms with E-state index in [9.17, 15) is 4.79 Å². The lowest BCUT2D eigenvalue weighted by Crippen LogP contribution is -2.22. The third kappa shape index (κ3) is 7.85. The molecule has 0 aliphatic heterocycles. The van der Waals surface area contributed by atoms with Gasteiger partial charge in [0.25, 0.3) is 0 Å². The highest BCUT2D eigenvalue weighted by molar-refractivity contribution is 5.95. The predicted octanol–water partition coefficient (Wildman–Crippen LogP) is 4.22. The largest absolute Gasteiger partial charge is 0.491 e. The maximum atomic E-state index is 12.4. The summed E-state index contributed by atoms with van der Waals surface area (Å²) in [6.45, 7) is 1.91. The summed E-state index contributed by atoms with van der Waals surface area (Å²) in [6, 6.07) is 24.3. The van der Waals surface area contributed by atoms with Gasteiger partial charge in [-0.3, -0.25) is 4.79 Å². The van der Waals surface area contributed by atoms with Crippen LogP contribution in [-0.2, 0) is 9.53 Å². The molecule has 3 aromatic carbocycles. The zero-order valence-corrected chi connectivity index (χ0v) is 18.1. The highest BCUT2D eigenvalue weighted by atomic mass is 16.5. The minimum atomic E-state index is -0.179. The van der Waals surface area contributed by atoms with Crippen LogP contribution in [0.15, 0.2) is 78.9 Å². The lowest BCUT2D eigenvalue weighted by Gasteiger charge is -2.13. The van der Waals surface area contributed by atoms with Crippen LogP contribution < -0.4 is 24.8 Å². The SMILES string of the molecule is COCCOc1ccc(NCC(=O)Nc2ccccc2OCCOc2ccccc2)cc1. The number of para-hydroxylation sites is 3. The number of anilines is 2. The van der Waals surface area contributed by atoms with E-state index >= 15 is 0 Å². The van der Waals surface area contributed by atoms with Gasteiger partial charge in [0, 0.05) is 12.8 Å². The summed E-state index contributed by atoms with van der Waals surface area (Å²) in [5.41, 5.74) is 1.43. The van der Waals surface area contributed by atoms with Crippen molar-refractivity contribution in [3.63, 3.8) is 0 Å². The first-order valence-electron chi connectivity index (χ1n) is 10.4. The van der Waals surface area contributed by atoms with Gasteiger partial charge in [-0.05, 0) is 48.5 Å². The van der Waals surface area contributed by atoms with Crippen LogP contribution in [0.25, 0.3) is 0 Å². The molecular weight excluding hydrogens is 408 g/mol. The standard InChI is InChI=1S/C25H28N2O5/c1-29-15-16-30-22-13-11-20(12-14-22)26-19-25(28)27-23-9-5-6-10-24(23)32-18-17-31-21-7-3-2-4-8-21/h2-14,26H,15-19H2,1H3,(H,27,28). The maximum Gasteiger partial charge on any atom is 0.243 e. The Morgan fingerprint density at radius 3 is 2.09 bits per heavy atom. The van der Waals surface area contributed by atoms with Crippen molar-refractivity contribution in [1.29, 1.82) is 0 Å². The Morgan fingerprint density at radius 1 is 0.719 bits per heavy atom. The maximum absolute atomic E-state index is 12.4. The molecule has 7 nitrogen and oxygen atoms in total. The molecule has 3 aromatic rings. The van der Waals surface area contributed by atoms with Gasteiger partial charge in [0.15, 0.2) is 0 Å². The van der Waals surface area contributed by atoms with Gasteiger partial charge in [-0.15, -0.1) is 0 Å². The van der Waals surface area contributed by atoms with Gasteiger partial charge < -0.3 is 29.6 Å². The summed E-state index contributed by atoms with van der Waals surface area (Å²) in [5.74, 6) is 1.95. The summed E-state index contributed by atoms with van der Waals surface area (Å²) in [7, 11) is 1.63. The van der Waals surface area contributed by atoms with E-state index in [1.165, 1.54) is 0 Å². The first-order valence-corrected chi connectivity index (χ1v) is 10.4. The van der Waals surface area contributed by atoms with Gasteiger partial charge in [0.1, 0.15) is 37.1 Å². The molecule has 32 heavy (non-hydrogen) atoms. The Balaban J connectivity index is 1.42. The van der Waals surface area contributed by atoms with Crippen LogP contribution in [0.4, 0.5) is 11.4 Å². The zero-order valence-electron chi connectivity index (χ0n) is 18.1. The number of benzene rings is 3. The number of methoxy groups -OCH3 is 1. The van der Waals surface area contributed by atoms with Gasteiger partial charge in [0.2, 0.25) is 5.91 Å². The van der Waals surface area contributed by atoms with Crippen molar-refractivity contribution in [3.8, 4) is 17.2 Å². The molecule has 0 aliphatic carbocycles. The first-order chi connectivity index (χ1) is 15.7. The van der Waals surface area contributed by atoms with E-state index in [0.29, 0.717) is 37.9 Å². The van der Waals surface area contributed by atoms with Crippen molar-refractivity contribution in [2.75, 3.05) is 50.7 Å². The summed E-state index contributed by atoms with van der Waals surface area (Å²) in [4.78, 5) is 12.4. The number of hydrogen-bond donors (Lipinski definition) is 2. The van der Waals surface area contributed by atoms with Gasteiger partial charge in [-0.1, -0.05) is 30.3 Å². The van der Waals surface area contributed by atoms with Crippen LogP contribution in [0.3, 0.4) is 0 Å². The molecule has 168 valence electrons. The van der Waals surface area contributed by atoms with E-state index in [1.807, 2.05) is 72.8 Å². The Bertz CT molecular complexity index is 948. The van der Waals surface area contributed by atoms with E-state index in [0.717, 1.165) is 17.2 Å². The predicted molar refractivity (Wildman–Crippen MR) is 125 cm³/mol. The molecule has 0 unspecified atom stereocenters. The average Bonchev–Trinajstić information content (AvgIpc) is 2.83. The lowest BCUT2D eigenvalue weighted by molar-refractivity contribution is -0.114. The second kappa shape index (κ2) is 12.9. The molecule has 0 saturated heterocycles. The molecule has 0 fully saturated rings. The fraction of sp³-hybridized carbons (Fsp3) is 0.240. The summed E-state index contributed by atoms with van der Waals surface area (Å²) >= 11 is 0. The lowest BCUT2D eigenvalue weighted by atomic mass is 10.3. The van der Waals surface area contributed by atoms with Gasteiger partial charge in [0.05, 0.1) is 18.8 Å². The minimum Gasteiger partial charge on any atom is -0.491 e. The monoisotopic (exact) mass is 436 g/mol. The number of carbonyl (C=O) groups excluding carboxylic acids is 1. The van der Waals surface area contributed by atoms with E-state index < -0.39 is 0 Å². The number of ether oxygens (including phenoxy) is 4. The number of nitrogens with one attached hydrogen (secondary N) is 2. The average molecular weight is 437 g/mol. The highest BCUT2D eigenvalue weighted by Gasteiger charge is 2.08. The number of carbonyl (C=O) groups is 1. The molecule has 0 heterocycles. The quantitative estimate of drug-likeness (QED) is 0.391. The van der Waals surface area contributed by atoms with Crippen LogP contribution in [-0.4, -0.2) is 46.0 Å². The van der Waals surface area contributed by atoms with Crippen LogP contribution in [0, 0.1) is 0 Å². The van der Waals surface area contributed by atoms with Gasteiger partial charge >= 0.3 is 0 Å². The molecular formula is C25H28N2O5. The topological polar surface area (TPSA) is 78.1 Å². The molecule has 3 rings (SSSR count). The molecule has 0 aromatic heterocycles. The fourth-order valence-electron chi connectivity index (χ4n) is 2.81. The Kier molecular flexibility index (Phi) is 9.23. The fourth-order valence-corrected chi connectivity index (χ4v) is 2.81. The summed E-state index contributed by atoms with van der Waals surface area (Å²) in [5, 5.41) is 5.98. The minimum absolute atomic E-state index is 0.120. The van der Waals surface area contributed by atoms with Crippen molar-refractivity contribution >= 4 is 17.3 Å². The van der Waals surface area contributed by atoms with E-state index in [4.69, 9.17) is 18.9 Å². The van der Waals surface area contributed by atoms with Crippen molar-refractivity contribution in [2.24, 2.45) is 0 Å². The molecule has 7 heteroatoms. The third-order valence-corrected chi connectivity index (χ3v) is 4.38. The molecule has 1 amide bonds. The van der Waals surface area contributed by atoms with Crippen LogP contribution in [0.2, 0.25) is 0 Å². The van der Waals surface area contributed by atoms with Crippen molar-refractivity contribution in [2.45, 2.75) is 0 Å². The normalized spacial score (nSPS) is 10.3. The molecule has 0 aliphatic rings. The number of hydrogen-bond acceptors (Lipinski definition) is 6. The Morgan fingerprint density at radius 2 is 1.34 bits per heavy atom. The molecule has 2 N–H and O–H groups in total. The first kappa shape index (κ1) is 23.0. The zero-order chi connectivity index (χ0) is 22.4. The van der Waals surface area contributed by atoms with E-state index in [-0.39, 0.29) is 12.5 Å². The second-order valence-corrected chi connectivity index (χ2v) is 6.77. The Hall–Kier alpha value is -3.71. The number of rotatable bonds is 13. The van der Waals surface area contributed by atoms with Crippen molar-refractivity contribution in [3.05, 3.63) is 78.9 Å². The van der Waals surface area contributed by atoms with Crippen LogP contribution in [0.1, 0.15) is 0 Å².